The van der Waals surface area contributed by atoms with Crippen molar-refractivity contribution in [3.05, 3.63) is 59.4 Å². The maximum absolute atomic E-state index is 14.2. The van der Waals surface area contributed by atoms with E-state index in [0.29, 0.717) is 32.8 Å². The van der Waals surface area contributed by atoms with Crippen molar-refractivity contribution in [1.29, 1.82) is 0 Å². The fraction of sp³-hybridized carbons (Fsp3) is 0.581. The normalized spacial score (nSPS) is 14.0. The predicted molar refractivity (Wildman–Crippen MR) is 151 cm³/mol. The van der Waals surface area contributed by atoms with Crippen molar-refractivity contribution in [2.45, 2.75) is 71.0 Å². The van der Waals surface area contributed by atoms with Crippen LogP contribution in [-0.2, 0) is 33.7 Å². The molecule has 0 spiro atoms. The van der Waals surface area contributed by atoms with E-state index < -0.39 is 17.6 Å². The number of aromatic nitrogens is 1. The zero-order chi connectivity index (χ0) is 29.1. The summed E-state index contributed by atoms with van der Waals surface area (Å²) in [6.07, 6.45) is 6.09. The van der Waals surface area contributed by atoms with Gasteiger partial charge in [0, 0.05) is 57.9 Å². The molecule has 1 atom stereocenters. The number of aryl methyl sites for hydroxylation is 1. The van der Waals surface area contributed by atoms with Gasteiger partial charge in [0.2, 0.25) is 5.91 Å². The van der Waals surface area contributed by atoms with Crippen LogP contribution in [0.25, 0.3) is 0 Å². The number of methoxy groups -OCH3 is 2. The Bertz CT molecular complexity index is 1060. The Morgan fingerprint density at radius 2 is 1.77 bits per heavy atom. The minimum Gasteiger partial charge on any atom is -0.530 e. The highest BCUT2D eigenvalue weighted by Gasteiger charge is 2.38. The summed E-state index contributed by atoms with van der Waals surface area (Å²) in [5.41, 5.74) is 2.28. The molecule has 3 rings (SSSR count). The van der Waals surface area contributed by atoms with Gasteiger partial charge in [0.15, 0.2) is 0 Å². The number of carbonyl (C=O) groups excluding carboxylic acids is 2. The Labute approximate surface area is 238 Å². The minimum absolute atomic E-state index is 0.0468. The number of carbonyl (C=O) groups is 2. The van der Waals surface area contributed by atoms with E-state index in [1.165, 1.54) is 4.90 Å². The first-order valence-electron chi connectivity index (χ1n) is 14.0. The first-order chi connectivity index (χ1) is 19.1. The molecule has 220 valence electrons. The van der Waals surface area contributed by atoms with E-state index in [2.05, 4.69) is 11.1 Å². The van der Waals surface area contributed by atoms with Crippen LogP contribution < -0.4 is 9.84 Å². The van der Waals surface area contributed by atoms with Crippen molar-refractivity contribution in [3.63, 3.8) is 0 Å². The lowest BCUT2D eigenvalue weighted by molar-refractivity contribution is -0.271. The molecule has 1 aromatic carbocycles. The number of rotatable bonds is 16. The van der Waals surface area contributed by atoms with Crippen LogP contribution in [0.3, 0.4) is 0 Å². The Kier molecular flexibility index (Phi) is 11.8. The van der Waals surface area contributed by atoms with Crippen molar-refractivity contribution in [1.82, 2.24) is 14.8 Å². The average Bonchev–Trinajstić information content (AvgIpc) is 3.75. The molecule has 2 aromatic rings. The molecular formula is C31H44N3O6-. The minimum atomic E-state index is -1.28. The van der Waals surface area contributed by atoms with E-state index in [0.717, 1.165) is 48.1 Å². The molecule has 1 aromatic heterocycles. The summed E-state index contributed by atoms with van der Waals surface area (Å²) in [4.78, 5) is 33.7. The SMILES string of the molecule is COCCCc1cc(CN(C(=O)C(Cc2cccnc2)CN(C(=O)[O-])C(C)(C)C)C2CC2)cc(OCCOC)c1. The number of hydrogen-bond acceptors (Lipinski definition) is 7. The van der Waals surface area contributed by atoms with Crippen molar-refractivity contribution in [3.8, 4) is 5.75 Å². The van der Waals surface area contributed by atoms with Gasteiger partial charge in [-0.05, 0) is 87.8 Å². The molecule has 1 heterocycles. The van der Waals surface area contributed by atoms with E-state index >= 15 is 0 Å². The molecule has 1 saturated carbocycles. The topological polar surface area (TPSA) is 104 Å². The number of pyridine rings is 1. The van der Waals surface area contributed by atoms with Gasteiger partial charge in [0.05, 0.1) is 12.5 Å². The van der Waals surface area contributed by atoms with Crippen LogP contribution in [0, 0.1) is 5.92 Å². The number of ether oxygens (including phenoxy) is 3. The van der Waals surface area contributed by atoms with Crippen LogP contribution >= 0.6 is 0 Å². The van der Waals surface area contributed by atoms with Gasteiger partial charge in [-0.15, -0.1) is 0 Å². The lowest BCUT2D eigenvalue weighted by atomic mass is 9.95. The van der Waals surface area contributed by atoms with E-state index in [-0.39, 0.29) is 18.5 Å². The van der Waals surface area contributed by atoms with Gasteiger partial charge >= 0.3 is 0 Å². The number of amides is 2. The molecule has 0 N–H and O–H groups in total. The van der Waals surface area contributed by atoms with Crippen molar-refractivity contribution in [2.75, 3.05) is 40.6 Å². The third-order valence-corrected chi connectivity index (χ3v) is 7.01. The second-order valence-corrected chi connectivity index (χ2v) is 11.4. The lowest BCUT2D eigenvalue weighted by Gasteiger charge is -2.40. The molecule has 1 unspecified atom stereocenters. The van der Waals surface area contributed by atoms with Gasteiger partial charge in [0.25, 0.3) is 0 Å². The quantitative estimate of drug-likeness (QED) is 0.293. The van der Waals surface area contributed by atoms with Crippen LogP contribution in [0.15, 0.2) is 42.7 Å². The number of hydrogen-bond donors (Lipinski definition) is 0. The monoisotopic (exact) mass is 554 g/mol. The summed E-state index contributed by atoms with van der Waals surface area (Å²) < 4.78 is 16.3. The third kappa shape index (κ3) is 9.78. The highest BCUT2D eigenvalue weighted by molar-refractivity contribution is 5.80. The zero-order valence-electron chi connectivity index (χ0n) is 24.6. The highest BCUT2D eigenvalue weighted by Crippen LogP contribution is 2.32. The summed E-state index contributed by atoms with van der Waals surface area (Å²) in [5.74, 6) is 0.102. The number of nitrogens with zero attached hydrogens (tertiary/aromatic N) is 3. The number of carboxylic acid groups (broad SMARTS) is 1. The molecule has 1 fully saturated rings. The van der Waals surface area contributed by atoms with Crippen LogP contribution in [0.5, 0.6) is 5.75 Å². The number of benzene rings is 1. The summed E-state index contributed by atoms with van der Waals surface area (Å²) in [7, 11) is 3.33. The van der Waals surface area contributed by atoms with Crippen LogP contribution in [-0.4, -0.2) is 78.9 Å². The molecule has 0 saturated heterocycles. The first kappa shape index (κ1) is 31.4. The fourth-order valence-electron chi connectivity index (χ4n) is 4.79. The molecule has 9 nitrogen and oxygen atoms in total. The molecule has 0 bridgehead atoms. The van der Waals surface area contributed by atoms with E-state index in [1.807, 2.05) is 49.9 Å². The standard InChI is InChI=1S/C31H45N3O6/c1-31(2,3)34(30(36)37)22-26(17-24-8-6-12-32-20-24)29(35)33(27-10-11-27)21-25-16-23(9-7-13-38-4)18-28(19-25)40-15-14-39-5/h6,8,12,16,18-20,26-27H,7,9-11,13-15,17,21-22H2,1-5H3,(H,36,37)/p-1. The maximum atomic E-state index is 14.2. The van der Waals surface area contributed by atoms with Crippen LogP contribution in [0.4, 0.5) is 4.79 Å². The van der Waals surface area contributed by atoms with Crippen molar-refractivity contribution >= 4 is 12.0 Å². The van der Waals surface area contributed by atoms with E-state index in [9.17, 15) is 14.7 Å². The summed E-state index contributed by atoms with van der Waals surface area (Å²) >= 11 is 0. The van der Waals surface area contributed by atoms with Crippen molar-refractivity contribution in [2.24, 2.45) is 5.92 Å². The van der Waals surface area contributed by atoms with Crippen molar-refractivity contribution < 1.29 is 28.9 Å². The summed E-state index contributed by atoms with van der Waals surface area (Å²) in [6, 6.07) is 10.0. The molecule has 2 amide bonds. The molecule has 0 radical (unpaired) electrons. The molecule has 1 aliphatic rings. The molecule has 9 heteroatoms. The second-order valence-electron chi connectivity index (χ2n) is 11.4. The Morgan fingerprint density at radius 3 is 2.38 bits per heavy atom. The van der Waals surface area contributed by atoms with Gasteiger partial charge in [-0.25, -0.2) is 0 Å². The van der Waals surface area contributed by atoms with Gasteiger partial charge in [-0.2, -0.15) is 0 Å². The average molecular weight is 555 g/mol. The van der Waals surface area contributed by atoms with E-state index in [4.69, 9.17) is 14.2 Å². The molecule has 40 heavy (non-hydrogen) atoms. The van der Waals surface area contributed by atoms with Gasteiger partial charge in [-0.1, -0.05) is 12.1 Å². The van der Waals surface area contributed by atoms with Crippen LogP contribution in [0.2, 0.25) is 0 Å². The highest BCUT2D eigenvalue weighted by atomic mass is 16.5. The Balaban J connectivity index is 1.89. The summed E-state index contributed by atoms with van der Waals surface area (Å²) in [6.45, 7) is 7.48. The van der Waals surface area contributed by atoms with Gasteiger partial charge in [-0.3, -0.25) is 9.78 Å². The third-order valence-electron chi connectivity index (χ3n) is 7.01. The lowest BCUT2D eigenvalue weighted by Crippen LogP contribution is -2.55. The second kappa shape index (κ2) is 15.0. The molecular weight excluding hydrogens is 510 g/mol. The molecule has 0 aliphatic heterocycles. The first-order valence-corrected chi connectivity index (χ1v) is 14.0. The van der Waals surface area contributed by atoms with E-state index in [1.54, 1.807) is 26.6 Å². The Morgan fingerprint density at radius 1 is 1.05 bits per heavy atom. The van der Waals surface area contributed by atoms with Gasteiger partial charge < -0.3 is 33.9 Å². The zero-order valence-corrected chi connectivity index (χ0v) is 24.6. The van der Waals surface area contributed by atoms with Gasteiger partial charge in [0.1, 0.15) is 18.4 Å². The fourth-order valence-corrected chi connectivity index (χ4v) is 4.79. The Hall–Kier alpha value is -3.17. The maximum Gasteiger partial charge on any atom is 0.228 e. The largest absolute Gasteiger partial charge is 0.530 e. The predicted octanol–water partition coefficient (Wildman–Crippen LogP) is 3.48. The van der Waals surface area contributed by atoms with Crippen LogP contribution in [0.1, 0.15) is 56.7 Å². The smallest absolute Gasteiger partial charge is 0.228 e. The summed E-state index contributed by atoms with van der Waals surface area (Å²) in [5, 5.41) is 12.1. The molecule has 1 aliphatic carbocycles.